The Labute approximate surface area is 198 Å². The van der Waals surface area contributed by atoms with Gasteiger partial charge in [0.25, 0.3) is 0 Å². The summed E-state index contributed by atoms with van der Waals surface area (Å²) in [6.07, 6.45) is 11.9. The van der Waals surface area contributed by atoms with Gasteiger partial charge in [0.05, 0.1) is 12.2 Å². The third kappa shape index (κ3) is 6.56. The molecule has 5 nitrogen and oxygen atoms in total. The van der Waals surface area contributed by atoms with E-state index < -0.39 is 6.10 Å². The number of aliphatic hydroxyl groups is 2. The predicted molar refractivity (Wildman–Crippen MR) is 132 cm³/mol. The molecule has 2 fully saturated rings. The number of amides is 1. The molecule has 3 aliphatic rings. The lowest BCUT2D eigenvalue weighted by Gasteiger charge is -2.26. The monoisotopic (exact) mass is 452 g/mol. The fraction of sp³-hybridized carbons (Fsp3) is 0.607. The van der Waals surface area contributed by atoms with Crippen molar-refractivity contribution >= 4 is 5.91 Å². The van der Waals surface area contributed by atoms with E-state index in [4.69, 9.17) is 0 Å². The topological polar surface area (TPSA) is 72.8 Å². The fourth-order valence-electron chi connectivity index (χ4n) is 5.89. The van der Waals surface area contributed by atoms with E-state index in [1.165, 1.54) is 17.6 Å². The second-order valence-corrected chi connectivity index (χ2v) is 10.3. The smallest absolute Gasteiger partial charge is 0.223 e. The van der Waals surface area contributed by atoms with Crippen molar-refractivity contribution in [3.8, 4) is 0 Å². The van der Waals surface area contributed by atoms with Gasteiger partial charge in [0, 0.05) is 44.9 Å². The van der Waals surface area contributed by atoms with Crippen LogP contribution in [0.25, 0.3) is 0 Å². The van der Waals surface area contributed by atoms with Crippen molar-refractivity contribution in [2.75, 3.05) is 26.2 Å². The average Bonchev–Trinajstić information content (AvgIpc) is 3.32. The van der Waals surface area contributed by atoms with Gasteiger partial charge in [-0.05, 0) is 56.4 Å². The number of hydrogen-bond acceptors (Lipinski definition) is 4. The van der Waals surface area contributed by atoms with Crippen molar-refractivity contribution in [3.63, 3.8) is 0 Å². The summed E-state index contributed by atoms with van der Waals surface area (Å²) in [4.78, 5) is 14.3. The minimum absolute atomic E-state index is 0.0941. The van der Waals surface area contributed by atoms with Crippen LogP contribution in [0.15, 0.2) is 48.1 Å². The van der Waals surface area contributed by atoms with E-state index >= 15 is 0 Å². The van der Waals surface area contributed by atoms with E-state index in [1.807, 2.05) is 23.1 Å². The van der Waals surface area contributed by atoms with Gasteiger partial charge in [-0.3, -0.25) is 4.79 Å². The zero-order valence-corrected chi connectivity index (χ0v) is 20.0. The summed E-state index contributed by atoms with van der Waals surface area (Å²) >= 11 is 0. The first kappa shape index (κ1) is 24.2. The Kier molecular flexibility index (Phi) is 8.39. The standard InChI is InChI=1S/C28H40N2O3/c1-20-6-5-7-21(14-20)16-24(31)8-9-25-26-17-22(15-23(26)18-27(25)32)19-29-11-10-28(33)30-12-3-2-4-13-30/h5-9,14-15,23-27,29,31-32H,2-4,10-13,16-19H2,1H3/b9-8+/t23-,24+,25+,26-,27+/m0/s1. The molecule has 1 heterocycles. The van der Waals surface area contributed by atoms with Gasteiger partial charge in [-0.15, -0.1) is 0 Å². The van der Waals surface area contributed by atoms with E-state index in [1.54, 1.807) is 0 Å². The number of carbonyl (C=O) groups excluding carboxylic acids is 1. The molecule has 1 saturated carbocycles. The molecule has 5 atom stereocenters. The Morgan fingerprint density at radius 2 is 2.09 bits per heavy atom. The zero-order chi connectivity index (χ0) is 23.2. The van der Waals surface area contributed by atoms with Crippen molar-refractivity contribution in [3.05, 3.63) is 59.2 Å². The molecule has 0 bridgehead atoms. The highest BCUT2D eigenvalue weighted by Gasteiger charge is 2.43. The van der Waals surface area contributed by atoms with Crippen LogP contribution in [0.5, 0.6) is 0 Å². The number of nitrogens with one attached hydrogen (secondary N) is 1. The first-order valence-corrected chi connectivity index (χ1v) is 12.8. The van der Waals surface area contributed by atoms with Gasteiger partial charge in [0.1, 0.15) is 0 Å². The SMILES string of the molecule is Cc1cccc(C[C@H](O)/C=C/[C@@H]2[C@H]3CC(CNCCC(=O)N4CCCCC4)=C[C@H]3C[C@H]2O)c1. The Hall–Kier alpha value is -1.95. The lowest BCUT2D eigenvalue weighted by atomic mass is 9.89. The van der Waals surface area contributed by atoms with Crippen LogP contribution in [0.2, 0.25) is 0 Å². The Morgan fingerprint density at radius 1 is 1.27 bits per heavy atom. The maximum atomic E-state index is 12.3. The number of fused-ring (bicyclic) bond motifs is 1. The van der Waals surface area contributed by atoms with Crippen LogP contribution in [0.4, 0.5) is 0 Å². The van der Waals surface area contributed by atoms with Crippen molar-refractivity contribution in [2.24, 2.45) is 17.8 Å². The molecule has 1 saturated heterocycles. The Balaban J connectivity index is 1.21. The van der Waals surface area contributed by atoms with E-state index in [0.717, 1.165) is 57.4 Å². The third-order valence-corrected chi connectivity index (χ3v) is 7.61. The minimum atomic E-state index is -0.536. The molecule has 1 amide bonds. The summed E-state index contributed by atoms with van der Waals surface area (Å²) < 4.78 is 0. The second-order valence-electron chi connectivity index (χ2n) is 10.3. The van der Waals surface area contributed by atoms with Crippen molar-refractivity contribution < 1.29 is 15.0 Å². The van der Waals surface area contributed by atoms with Gasteiger partial charge in [0.15, 0.2) is 0 Å². The van der Waals surface area contributed by atoms with Crippen molar-refractivity contribution in [1.82, 2.24) is 10.2 Å². The molecule has 33 heavy (non-hydrogen) atoms. The number of aliphatic hydroxyl groups excluding tert-OH is 2. The second kappa shape index (κ2) is 11.5. The van der Waals surface area contributed by atoms with Crippen molar-refractivity contribution in [1.29, 1.82) is 0 Å². The van der Waals surface area contributed by atoms with Gasteiger partial charge in [0.2, 0.25) is 5.91 Å². The number of benzene rings is 1. The van der Waals surface area contributed by atoms with Crippen LogP contribution < -0.4 is 5.32 Å². The lowest BCUT2D eigenvalue weighted by molar-refractivity contribution is -0.131. The number of piperidine rings is 1. The van der Waals surface area contributed by atoms with Gasteiger partial charge in [-0.25, -0.2) is 0 Å². The number of hydrogen-bond donors (Lipinski definition) is 3. The maximum absolute atomic E-state index is 12.3. The molecule has 1 aromatic carbocycles. The summed E-state index contributed by atoms with van der Waals surface area (Å²) in [6.45, 7) is 5.45. The first-order valence-electron chi connectivity index (χ1n) is 12.8. The minimum Gasteiger partial charge on any atom is -0.392 e. The molecule has 1 aromatic rings. The quantitative estimate of drug-likeness (QED) is 0.397. The number of likely N-dealkylation sites (tertiary alicyclic amines) is 1. The first-order chi connectivity index (χ1) is 16.0. The fourth-order valence-corrected chi connectivity index (χ4v) is 5.89. The third-order valence-electron chi connectivity index (χ3n) is 7.61. The molecule has 0 unspecified atom stereocenters. The number of aryl methyl sites for hydroxylation is 1. The van der Waals surface area contributed by atoms with Gasteiger partial charge >= 0.3 is 0 Å². The Morgan fingerprint density at radius 3 is 2.88 bits per heavy atom. The number of carbonyl (C=O) groups is 1. The highest BCUT2D eigenvalue weighted by molar-refractivity contribution is 5.76. The molecule has 180 valence electrons. The van der Waals surface area contributed by atoms with Crippen LogP contribution in [-0.4, -0.2) is 59.4 Å². The molecule has 3 N–H and O–H groups in total. The summed E-state index contributed by atoms with van der Waals surface area (Å²) in [5.41, 5.74) is 3.72. The molecular weight excluding hydrogens is 412 g/mol. The van der Waals surface area contributed by atoms with Crippen LogP contribution in [0.3, 0.4) is 0 Å². The normalized spacial score (nSPS) is 28.2. The lowest BCUT2D eigenvalue weighted by Crippen LogP contribution is -2.37. The van der Waals surface area contributed by atoms with Crippen molar-refractivity contribution in [2.45, 2.75) is 64.1 Å². The molecule has 1 aliphatic heterocycles. The summed E-state index contributed by atoms with van der Waals surface area (Å²) in [5.74, 6) is 1.19. The Bertz CT molecular complexity index is 858. The van der Waals surface area contributed by atoms with Crippen LogP contribution >= 0.6 is 0 Å². The van der Waals surface area contributed by atoms with Crippen LogP contribution in [-0.2, 0) is 11.2 Å². The number of nitrogens with zero attached hydrogens (tertiary/aromatic N) is 1. The molecule has 5 heteroatoms. The number of rotatable bonds is 9. The van der Waals surface area contributed by atoms with E-state index in [-0.39, 0.29) is 17.9 Å². The summed E-state index contributed by atoms with van der Waals surface area (Å²) in [7, 11) is 0. The van der Waals surface area contributed by atoms with Gasteiger partial charge in [-0.1, -0.05) is 53.6 Å². The van der Waals surface area contributed by atoms with E-state index in [9.17, 15) is 15.0 Å². The average molecular weight is 453 g/mol. The van der Waals surface area contributed by atoms with Crippen LogP contribution in [0, 0.1) is 24.7 Å². The zero-order valence-electron chi connectivity index (χ0n) is 20.0. The molecule has 0 radical (unpaired) electrons. The number of allylic oxidation sites excluding steroid dienone is 1. The largest absolute Gasteiger partial charge is 0.392 e. The summed E-state index contributed by atoms with van der Waals surface area (Å²) in [5, 5.41) is 24.6. The molecule has 0 spiro atoms. The molecule has 2 aliphatic carbocycles. The predicted octanol–water partition coefficient (Wildman–Crippen LogP) is 3.39. The van der Waals surface area contributed by atoms with Gasteiger partial charge in [-0.2, -0.15) is 0 Å². The summed E-state index contributed by atoms with van der Waals surface area (Å²) in [6, 6.07) is 8.24. The maximum Gasteiger partial charge on any atom is 0.223 e. The van der Waals surface area contributed by atoms with E-state index in [0.29, 0.717) is 24.7 Å². The molecule has 0 aromatic heterocycles. The van der Waals surface area contributed by atoms with Gasteiger partial charge < -0.3 is 20.4 Å². The molecular formula is C28H40N2O3. The van der Waals surface area contributed by atoms with Crippen LogP contribution in [0.1, 0.15) is 49.7 Å². The highest BCUT2D eigenvalue weighted by Crippen LogP contribution is 2.47. The highest BCUT2D eigenvalue weighted by atomic mass is 16.3. The molecule has 4 rings (SSSR count). The van der Waals surface area contributed by atoms with E-state index in [2.05, 4.69) is 36.5 Å².